The molecule has 0 saturated carbocycles. The molecule has 3 rings (SSSR count). The number of carbonyl (C=O) groups is 1. The molecule has 2 N–H and O–H groups in total. The first-order valence-corrected chi connectivity index (χ1v) is 10.2. The van der Waals surface area contributed by atoms with Crippen LogP contribution in [0.25, 0.3) is 11.3 Å². The minimum Gasteiger partial charge on any atom is -0.618 e. The van der Waals surface area contributed by atoms with Gasteiger partial charge in [-0.3, -0.25) is 4.79 Å². The molecule has 0 fully saturated rings. The molecule has 0 spiro atoms. The highest BCUT2D eigenvalue weighted by molar-refractivity contribution is 5.95. The Morgan fingerprint density at radius 2 is 1.75 bits per heavy atom. The third-order valence-corrected chi connectivity index (χ3v) is 5.14. The monoisotopic (exact) mass is 517 g/mol. The van der Waals surface area contributed by atoms with Crippen LogP contribution in [-0.2, 0) is 5.92 Å². The largest absolute Gasteiger partial charge is 0.618 e. The summed E-state index contributed by atoms with van der Waals surface area (Å²) in [5, 5.41) is 24.0. The molecule has 0 radical (unpaired) electrons. The number of alkyl halides is 5. The lowest BCUT2D eigenvalue weighted by Gasteiger charge is -2.18. The van der Waals surface area contributed by atoms with Gasteiger partial charge in [-0.25, -0.2) is 13.8 Å². The van der Waals surface area contributed by atoms with Crippen molar-refractivity contribution in [2.24, 2.45) is 0 Å². The average Bonchev–Trinajstić information content (AvgIpc) is 2.76. The summed E-state index contributed by atoms with van der Waals surface area (Å²) in [4.78, 5) is 16.4. The van der Waals surface area contributed by atoms with Crippen molar-refractivity contribution in [2.75, 3.05) is 0 Å². The van der Waals surface area contributed by atoms with Crippen LogP contribution in [0.15, 0.2) is 48.7 Å². The molecule has 0 aliphatic heterocycles. The first-order valence-electron chi connectivity index (χ1n) is 10.2. The predicted molar refractivity (Wildman–Crippen MR) is 111 cm³/mol. The van der Waals surface area contributed by atoms with Gasteiger partial charge in [0.1, 0.15) is 11.6 Å². The minimum atomic E-state index is -5.17. The third kappa shape index (κ3) is 5.90. The molecule has 0 saturated heterocycles. The van der Waals surface area contributed by atoms with Gasteiger partial charge in [0.25, 0.3) is 11.6 Å². The minimum absolute atomic E-state index is 0.0718. The van der Waals surface area contributed by atoms with E-state index in [2.05, 4.69) is 10.3 Å². The molecule has 1 aromatic carbocycles. The van der Waals surface area contributed by atoms with Gasteiger partial charge < -0.3 is 15.6 Å². The van der Waals surface area contributed by atoms with Gasteiger partial charge in [-0.2, -0.15) is 26.7 Å². The molecule has 6 nitrogen and oxygen atoms in total. The van der Waals surface area contributed by atoms with Crippen LogP contribution in [0.2, 0.25) is 0 Å². The Morgan fingerprint density at radius 1 is 1.08 bits per heavy atom. The van der Waals surface area contributed by atoms with Gasteiger partial charge >= 0.3 is 12.1 Å². The number of carbonyl (C=O) groups excluding carboxylic acids is 1. The molecule has 192 valence electrons. The number of aromatic nitrogens is 2. The van der Waals surface area contributed by atoms with Crippen molar-refractivity contribution in [1.29, 1.82) is 0 Å². The Balaban J connectivity index is 1.99. The van der Waals surface area contributed by atoms with Gasteiger partial charge in [-0.1, -0.05) is 0 Å². The topological polar surface area (TPSA) is 89.2 Å². The number of rotatable bonds is 6. The van der Waals surface area contributed by atoms with E-state index in [0.717, 1.165) is 36.5 Å². The molecule has 0 aliphatic carbocycles. The second kappa shape index (κ2) is 9.72. The zero-order valence-electron chi connectivity index (χ0n) is 18.6. The molecule has 0 aliphatic rings. The maximum Gasteiger partial charge on any atom is 0.420 e. The van der Waals surface area contributed by atoms with Crippen LogP contribution in [-0.4, -0.2) is 22.2 Å². The lowest BCUT2D eigenvalue weighted by molar-refractivity contribution is -0.624. The number of hydrogen-bond donors (Lipinski definition) is 2. The Hall–Kier alpha value is -3.74. The van der Waals surface area contributed by atoms with Crippen LogP contribution in [0.5, 0.6) is 0 Å². The number of aliphatic hydroxyl groups is 1. The molecule has 3 aromatic rings. The second-order valence-corrected chi connectivity index (χ2v) is 7.99. The number of hydrogen-bond acceptors (Lipinski definition) is 4. The van der Waals surface area contributed by atoms with Crippen molar-refractivity contribution in [1.82, 2.24) is 10.3 Å². The van der Waals surface area contributed by atoms with E-state index in [4.69, 9.17) is 0 Å². The van der Waals surface area contributed by atoms with Crippen molar-refractivity contribution in [3.63, 3.8) is 0 Å². The van der Waals surface area contributed by atoms with Crippen LogP contribution in [0.4, 0.5) is 30.7 Å². The maximum absolute atomic E-state index is 14.3. The quantitative estimate of drug-likeness (QED) is 0.278. The number of nitrogens with zero attached hydrogens (tertiary/aromatic N) is 2. The summed E-state index contributed by atoms with van der Waals surface area (Å²) >= 11 is 0. The number of benzene rings is 1. The number of aliphatic hydroxyl groups excluding tert-OH is 1. The van der Waals surface area contributed by atoms with Crippen LogP contribution in [0.1, 0.15) is 53.3 Å². The van der Waals surface area contributed by atoms with Crippen LogP contribution in [0.3, 0.4) is 0 Å². The van der Waals surface area contributed by atoms with Crippen LogP contribution in [0, 0.1) is 16.8 Å². The van der Waals surface area contributed by atoms with Crippen molar-refractivity contribution in [2.45, 2.75) is 38.1 Å². The van der Waals surface area contributed by atoms with Gasteiger partial charge in [0, 0.05) is 35.7 Å². The fraction of sp³-hybridized carbons (Fsp3) is 0.261. The van der Waals surface area contributed by atoms with E-state index in [0.29, 0.717) is 19.1 Å². The van der Waals surface area contributed by atoms with Crippen LogP contribution < -0.4 is 10.0 Å². The third-order valence-electron chi connectivity index (χ3n) is 5.14. The highest BCUT2D eigenvalue weighted by atomic mass is 19.4. The lowest BCUT2D eigenvalue weighted by atomic mass is 10.0. The summed E-state index contributed by atoms with van der Waals surface area (Å²) in [6, 6.07) is 4.82. The van der Waals surface area contributed by atoms with Crippen molar-refractivity contribution in [3.05, 3.63) is 88.0 Å². The van der Waals surface area contributed by atoms with E-state index < -0.39 is 70.0 Å². The highest BCUT2D eigenvalue weighted by Crippen LogP contribution is 2.34. The van der Waals surface area contributed by atoms with Crippen molar-refractivity contribution < 1.29 is 45.4 Å². The van der Waals surface area contributed by atoms with E-state index in [-0.39, 0.29) is 10.3 Å². The zero-order valence-corrected chi connectivity index (χ0v) is 18.6. The van der Waals surface area contributed by atoms with Crippen molar-refractivity contribution >= 4 is 5.91 Å². The Kier molecular flexibility index (Phi) is 7.25. The first kappa shape index (κ1) is 26.9. The standard InChI is InChI=1S/C23H18F7N3O3/c1-11(12-3-6-19(22(2,26)27)33(36)10-12)31-21(35)13-7-17(15-5-4-14(24)9-16(15)25)32-18(8-13)20(34)23(28,29)30/h3-11,20,34H,1-2H3,(H,31,35)/t11-,20?/m1/s1. The number of nitrogens with one attached hydrogen (secondary N) is 1. The molecule has 2 aromatic heterocycles. The van der Waals surface area contributed by atoms with E-state index in [1.807, 2.05) is 0 Å². The summed E-state index contributed by atoms with van der Waals surface area (Å²) in [5.74, 6) is -6.57. The summed E-state index contributed by atoms with van der Waals surface area (Å²) in [5.41, 5.74) is -3.15. The average molecular weight is 517 g/mol. The summed E-state index contributed by atoms with van der Waals surface area (Å²) in [6.07, 6.45) is -7.48. The van der Waals surface area contributed by atoms with Crippen LogP contribution >= 0.6 is 0 Å². The van der Waals surface area contributed by atoms with E-state index in [1.54, 1.807) is 0 Å². The van der Waals surface area contributed by atoms with E-state index in [9.17, 15) is 45.8 Å². The fourth-order valence-electron chi connectivity index (χ4n) is 3.28. The molecule has 0 bridgehead atoms. The molecule has 1 amide bonds. The van der Waals surface area contributed by atoms with E-state index in [1.165, 1.54) is 6.92 Å². The Bertz CT molecular complexity index is 1290. The molecule has 36 heavy (non-hydrogen) atoms. The fourth-order valence-corrected chi connectivity index (χ4v) is 3.28. The zero-order chi connectivity index (χ0) is 27.0. The summed E-state index contributed by atoms with van der Waals surface area (Å²) in [6.45, 7) is 1.91. The lowest BCUT2D eigenvalue weighted by Crippen LogP contribution is -2.38. The highest BCUT2D eigenvalue weighted by Gasteiger charge is 2.41. The smallest absolute Gasteiger partial charge is 0.420 e. The van der Waals surface area contributed by atoms with Gasteiger partial charge in [-0.05, 0) is 37.3 Å². The predicted octanol–water partition coefficient (Wildman–Crippen LogP) is 4.86. The molecule has 1 unspecified atom stereocenters. The summed E-state index contributed by atoms with van der Waals surface area (Å²) < 4.78 is 93.7. The van der Waals surface area contributed by atoms with Gasteiger partial charge in [0.2, 0.25) is 0 Å². The van der Waals surface area contributed by atoms with Crippen molar-refractivity contribution in [3.8, 4) is 11.3 Å². The Labute approximate surface area is 199 Å². The normalized spacial score (nSPS) is 13.8. The SMILES string of the molecule is C[C@@H](NC(=O)c1cc(-c2ccc(F)cc2F)nc(C(O)C(F)(F)F)c1)c1ccc(C(C)(F)F)[n+]([O-])c1. The molecular weight excluding hydrogens is 499 g/mol. The number of pyridine rings is 2. The van der Waals surface area contributed by atoms with Gasteiger partial charge in [-0.15, -0.1) is 0 Å². The van der Waals surface area contributed by atoms with Gasteiger partial charge in [0.05, 0.1) is 17.4 Å². The summed E-state index contributed by atoms with van der Waals surface area (Å²) in [7, 11) is 0. The first-order chi connectivity index (χ1) is 16.6. The molecular formula is C23H18F7N3O3. The van der Waals surface area contributed by atoms with Gasteiger partial charge in [0.15, 0.2) is 12.3 Å². The number of amides is 1. The maximum atomic E-state index is 14.3. The second-order valence-electron chi connectivity index (χ2n) is 7.99. The molecule has 2 atom stereocenters. The molecule has 13 heteroatoms. The van der Waals surface area contributed by atoms with E-state index >= 15 is 0 Å². The number of halogens is 7. The molecule has 2 heterocycles. The Morgan fingerprint density at radius 3 is 2.31 bits per heavy atom.